The molecule has 1 aromatic carbocycles. The average Bonchev–Trinajstić information content (AvgIpc) is 2.42. The first-order chi connectivity index (χ1) is 9.42. The molecule has 0 aliphatic heterocycles. The lowest BCUT2D eigenvalue weighted by Crippen LogP contribution is -2.46. The minimum atomic E-state index is -0.655. The quantitative estimate of drug-likeness (QED) is 0.892. The van der Waals surface area contributed by atoms with E-state index in [1.54, 1.807) is 11.8 Å². The fourth-order valence-corrected chi connectivity index (χ4v) is 2.27. The summed E-state index contributed by atoms with van der Waals surface area (Å²) >= 11 is 3.03. The maximum Gasteiger partial charge on any atom is 0.253 e. The number of nitrogens with one attached hydrogen (secondary N) is 1. The lowest BCUT2D eigenvalue weighted by Gasteiger charge is -2.23. The molecule has 1 N–H and O–H groups in total. The van der Waals surface area contributed by atoms with E-state index < -0.39 is 17.8 Å². The van der Waals surface area contributed by atoms with Crippen LogP contribution in [0.3, 0.4) is 0 Å². The Morgan fingerprint density at radius 3 is 2.50 bits per heavy atom. The maximum absolute atomic E-state index is 13.4. The van der Waals surface area contributed by atoms with Crippen LogP contribution in [-0.4, -0.2) is 35.8 Å². The van der Waals surface area contributed by atoms with Gasteiger partial charge < -0.3 is 10.2 Å². The largest absolute Gasteiger partial charge is 0.341 e. The van der Waals surface area contributed by atoms with Gasteiger partial charge in [0.25, 0.3) is 5.91 Å². The summed E-state index contributed by atoms with van der Waals surface area (Å²) in [6.45, 7) is 6.53. The molecule has 0 saturated carbocycles. The molecule has 4 nitrogen and oxygen atoms in total. The second kappa shape index (κ2) is 7.38. The van der Waals surface area contributed by atoms with Gasteiger partial charge in [0, 0.05) is 13.1 Å². The number of carbonyl (C=O) groups excluding carboxylic acids is 2. The monoisotopic (exact) mass is 344 g/mol. The van der Waals surface area contributed by atoms with Crippen molar-refractivity contribution >= 4 is 27.7 Å². The summed E-state index contributed by atoms with van der Waals surface area (Å²) in [4.78, 5) is 25.7. The van der Waals surface area contributed by atoms with Crippen LogP contribution in [0.2, 0.25) is 0 Å². The van der Waals surface area contributed by atoms with Gasteiger partial charge in [0.2, 0.25) is 5.91 Å². The lowest BCUT2D eigenvalue weighted by molar-refractivity contribution is -0.132. The summed E-state index contributed by atoms with van der Waals surface area (Å²) in [5.74, 6) is -1.15. The van der Waals surface area contributed by atoms with Crippen LogP contribution >= 0.6 is 15.9 Å². The zero-order valence-corrected chi connectivity index (χ0v) is 13.3. The first-order valence-corrected chi connectivity index (χ1v) is 7.25. The fourth-order valence-electron chi connectivity index (χ4n) is 1.82. The predicted molar refractivity (Wildman–Crippen MR) is 79.0 cm³/mol. The van der Waals surface area contributed by atoms with Crippen LogP contribution in [0.5, 0.6) is 0 Å². The number of amides is 2. The number of nitrogens with zero attached hydrogens (tertiary/aromatic N) is 1. The van der Waals surface area contributed by atoms with Gasteiger partial charge in [0.05, 0.1) is 10.0 Å². The van der Waals surface area contributed by atoms with Crippen LogP contribution in [0.15, 0.2) is 22.7 Å². The van der Waals surface area contributed by atoms with Gasteiger partial charge in [0.1, 0.15) is 11.9 Å². The lowest BCUT2D eigenvalue weighted by atomic mass is 10.2. The van der Waals surface area contributed by atoms with Crippen molar-refractivity contribution in [3.8, 4) is 0 Å². The van der Waals surface area contributed by atoms with E-state index in [0.717, 1.165) is 0 Å². The SMILES string of the molecule is CCN(CC)C(=O)C(C)NC(=O)c1cccc(F)c1Br. The van der Waals surface area contributed by atoms with E-state index in [2.05, 4.69) is 21.2 Å². The Bertz CT molecular complexity index is 504. The molecule has 0 aliphatic carbocycles. The number of benzene rings is 1. The van der Waals surface area contributed by atoms with E-state index in [0.29, 0.717) is 13.1 Å². The summed E-state index contributed by atoms with van der Waals surface area (Å²) < 4.78 is 13.5. The second-order valence-electron chi connectivity index (χ2n) is 4.31. The van der Waals surface area contributed by atoms with E-state index >= 15 is 0 Å². The smallest absolute Gasteiger partial charge is 0.253 e. The third kappa shape index (κ3) is 3.79. The van der Waals surface area contributed by atoms with E-state index in [1.165, 1.54) is 18.2 Å². The Kier molecular flexibility index (Phi) is 6.13. The standard InChI is InChI=1S/C14H18BrFN2O2/c1-4-18(5-2)14(20)9(3)17-13(19)10-7-6-8-11(16)12(10)15/h6-9H,4-5H2,1-3H3,(H,17,19). The van der Waals surface area contributed by atoms with Crippen LogP contribution in [-0.2, 0) is 4.79 Å². The third-order valence-corrected chi connectivity index (χ3v) is 3.80. The highest BCUT2D eigenvalue weighted by molar-refractivity contribution is 9.10. The highest BCUT2D eigenvalue weighted by atomic mass is 79.9. The van der Waals surface area contributed by atoms with Crippen molar-refractivity contribution in [3.05, 3.63) is 34.1 Å². The van der Waals surface area contributed by atoms with E-state index in [-0.39, 0.29) is 15.9 Å². The van der Waals surface area contributed by atoms with Gasteiger partial charge in [-0.05, 0) is 48.8 Å². The Morgan fingerprint density at radius 2 is 1.95 bits per heavy atom. The zero-order valence-electron chi connectivity index (χ0n) is 11.7. The molecule has 2 amide bonds. The van der Waals surface area contributed by atoms with Gasteiger partial charge in [-0.2, -0.15) is 0 Å². The molecule has 0 spiro atoms. The van der Waals surface area contributed by atoms with Crippen molar-refractivity contribution in [2.45, 2.75) is 26.8 Å². The highest BCUT2D eigenvalue weighted by Gasteiger charge is 2.22. The number of likely N-dealkylation sites (N-methyl/N-ethyl adjacent to an activating group) is 1. The first-order valence-electron chi connectivity index (χ1n) is 6.46. The number of hydrogen-bond acceptors (Lipinski definition) is 2. The molecule has 0 aromatic heterocycles. The third-order valence-electron chi connectivity index (χ3n) is 2.99. The van der Waals surface area contributed by atoms with Crippen LogP contribution in [0, 0.1) is 5.82 Å². The zero-order chi connectivity index (χ0) is 15.3. The Hall–Kier alpha value is -1.43. The minimum Gasteiger partial charge on any atom is -0.341 e. The van der Waals surface area contributed by atoms with Crippen LogP contribution in [0.1, 0.15) is 31.1 Å². The van der Waals surface area contributed by atoms with E-state index in [1.807, 2.05) is 13.8 Å². The Balaban J connectivity index is 2.80. The number of hydrogen-bond donors (Lipinski definition) is 1. The van der Waals surface area contributed by atoms with E-state index in [4.69, 9.17) is 0 Å². The molecule has 0 bridgehead atoms. The summed E-state index contributed by atoms with van der Waals surface area (Å²) in [5.41, 5.74) is 0.171. The van der Waals surface area contributed by atoms with Gasteiger partial charge in [-0.1, -0.05) is 6.07 Å². The fraction of sp³-hybridized carbons (Fsp3) is 0.429. The molecule has 0 aliphatic rings. The van der Waals surface area contributed by atoms with Crippen molar-refractivity contribution in [3.63, 3.8) is 0 Å². The summed E-state index contributed by atoms with van der Waals surface area (Å²) in [7, 11) is 0. The van der Waals surface area contributed by atoms with Gasteiger partial charge in [0.15, 0.2) is 0 Å². The number of rotatable bonds is 5. The molecule has 1 unspecified atom stereocenters. The van der Waals surface area contributed by atoms with Crippen molar-refractivity contribution in [2.75, 3.05) is 13.1 Å². The molecule has 6 heteroatoms. The first kappa shape index (κ1) is 16.6. The molecule has 0 saturated heterocycles. The molecule has 1 rings (SSSR count). The minimum absolute atomic E-state index is 0.0972. The molecular weight excluding hydrogens is 327 g/mol. The molecule has 0 heterocycles. The van der Waals surface area contributed by atoms with E-state index in [9.17, 15) is 14.0 Å². The van der Waals surface area contributed by atoms with Crippen LogP contribution in [0.25, 0.3) is 0 Å². The Morgan fingerprint density at radius 1 is 1.35 bits per heavy atom. The average molecular weight is 345 g/mol. The summed E-state index contributed by atoms with van der Waals surface area (Å²) in [5, 5.41) is 2.59. The highest BCUT2D eigenvalue weighted by Crippen LogP contribution is 2.20. The molecule has 1 atom stereocenters. The van der Waals surface area contributed by atoms with Crippen molar-refractivity contribution < 1.29 is 14.0 Å². The van der Waals surface area contributed by atoms with Gasteiger partial charge in [-0.25, -0.2) is 4.39 Å². The molecular formula is C14H18BrFN2O2. The topological polar surface area (TPSA) is 49.4 Å². The maximum atomic E-state index is 13.4. The van der Waals surface area contributed by atoms with Crippen LogP contribution < -0.4 is 5.32 Å². The number of halogens is 2. The van der Waals surface area contributed by atoms with Crippen molar-refractivity contribution in [1.29, 1.82) is 0 Å². The van der Waals surface area contributed by atoms with Gasteiger partial charge in [-0.3, -0.25) is 9.59 Å². The predicted octanol–water partition coefficient (Wildman–Crippen LogP) is 2.57. The molecule has 20 heavy (non-hydrogen) atoms. The van der Waals surface area contributed by atoms with Crippen LogP contribution in [0.4, 0.5) is 4.39 Å². The normalized spacial score (nSPS) is 11.8. The molecule has 1 aromatic rings. The van der Waals surface area contributed by atoms with Crippen molar-refractivity contribution in [2.24, 2.45) is 0 Å². The Labute approximate surface area is 126 Å². The summed E-state index contributed by atoms with van der Waals surface area (Å²) in [6.07, 6.45) is 0. The van der Waals surface area contributed by atoms with Crippen molar-refractivity contribution in [1.82, 2.24) is 10.2 Å². The molecule has 0 radical (unpaired) electrons. The second-order valence-corrected chi connectivity index (χ2v) is 5.10. The number of carbonyl (C=O) groups is 2. The van der Waals surface area contributed by atoms with Gasteiger partial charge >= 0.3 is 0 Å². The summed E-state index contributed by atoms with van der Waals surface area (Å²) in [6, 6.07) is 3.55. The molecule has 0 fully saturated rings. The van der Waals surface area contributed by atoms with Gasteiger partial charge in [-0.15, -0.1) is 0 Å². The molecule has 110 valence electrons.